The average Bonchev–Trinajstić information content (AvgIpc) is 2.10. The van der Waals surface area contributed by atoms with E-state index in [1.54, 1.807) is 13.8 Å². The predicted octanol–water partition coefficient (Wildman–Crippen LogP) is 4.61. The van der Waals surface area contributed by atoms with Crippen LogP contribution in [0.15, 0.2) is 18.2 Å². The molecule has 0 unspecified atom stereocenters. The molecule has 0 fully saturated rings. The van der Waals surface area contributed by atoms with Crippen LogP contribution >= 0.6 is 0 Å². The van der Waals surface area contributed by atoms with Gasteiger partial charge in [-0.05, 0) is 23.6 Å². The van der Waals surface area contributed by atoms with E-state index in [2.05, 4.69) is 9.47 Å². The summed E-state index contributed by atoms with van der Waals surface area (Å²) in [6.07, 6.45) is -9.96. The van der Waals surface area contributed by atoms with Crippen LogP contribution in [0.4, 0.5) is 26.3 Å². The zero-order valence-electron chi connectivity index (χ0n) is 9.89. The standard InChI is InChI=1S/C11H10F6O2/c1-6(2)7-3-8(18-10(12,13)14)5-9(4-7)19-11(15,16)17/h3-6H,1-2H3. The van der Waals surface area contributed by atoms with Crippen molar-refractivity contribution in [1.82, 2.24) is 0 Å². The predicted molar refractivity (Wildman–Crippen MR) is 53.9 cm³/mol. The molecule has 0 aliphatic carbocycles. The van der Waals surface area contributed by atoms with Gasteiger partial charge in [-0.2, -0.15) is 0 Å². The van der Waals surface area contributed by atoms with Crippen LogP contribution < -0.4 is 9.47 Å². The molecule has 0 saturated heterocycles. The molecule has 2 nitrogen and oxygen atoms in total. The quantitative estimate of drug-likeness (QED) is 0.756. The lowest BCUT2D eigenvalue weighted by molar-refractivity contribution is -0.276. The van der Waals surface area contributed by atoms with Crippen LogP contribution in [0.2, 0.25) is 0 Å². The van der Waals surface area contributed by atoms with Gasteiger partial charge in [0.15, 0.2) is 0 Å². The smallest absolute Gasteiger partial charge is 0.406 e. The number of benzene rings is 1. The molecule has 0 atom stereocenters. The minimum absolute atomic E-state index is 0.237. The first-order chi connectivity index (χ1) is 8.46. The topological polar surface area (TPSA) is 18.5 Å². The molecule has 108 valence electrons. The summed E-state index contributed by atoms with van der Waals surface area (Å²) in [5, 5.41) is 0. The van der Waals surface area contributed by atoms with Gasteiger partial charge in [0.1, 0.15) is 11.5 Å². The zero-order chi connectivity index (χ0) is 14.8. The number of alkyl halides is 6. The molecule has 0 aliphatic heterocycles. The first-order valence-electron chi connectivity index (χ1n) is 5.13. The Balaban J connectivity index is 3.11. The molecular formula is C11H10F6O2. The molecular weight excluding hydrogens is 278 g/mol. The number of ether oxygens (including phenoxy) is 2. The van der Waals surface area contributed by atoms with E-state index in [1.165, 1.54) is 0 Å². The Kier molecular flexibility index (Phi) is 4.21. The van der Waals surface area contributed by atoms with Crippen molar-refractivity contribution >= 4 is 0 Å². The highest BCUT2D eigenvalue weighted by molar-refractivity contribution is 5.40. The normalized spacial score (nSPS) is 12.7. The Labute approximate surface area is 104 Å². The summed E-state index contributed by atoms with van der Waals surface area (Å²) in [6.45, 7) is 3.23. The van der Waals surface area contributed by atoms with Crippen molar-refractivity contribution in [1.29, 1.82) is 0 Å². The molecule has 1 aromatic carbocycles. The van der Waals surface area contributed by atoms with E-state index < -0.39 is 24.2 Å². The number of rotatable bonds is 3. The molecule has 0 aromatic heterocycles. The van der Waals surface area contributed by atoms with Crippen LogP contribution in [0.25, 0.3) is 0 Å². The fraction of sp³-hybridized carbons (Fsp3) is 0.455. The summed E-state index contributed by atoms with van der Waals surface area (Å²) in [5.74, 6) is -1.79. The lowest BCUT2D eigenvalue weighted by Gasteiger charge is -2.15. The zero-order valence-corrected chi connectivity index (χ0v) is 9.89. The molecule has 0 amide bonds. The largest absolute Gasteiger partial charge is 0.573 e. The molecule has 0 aliphatic rings. The van der Waals surface area contributed by atoms with Crippen LogP contribution in [-0.2, 0) is 0 Å². The van der Waals surface area contributed by atoms with Crippen molar-refractivity contribution in [3.05, 3.63) is 23.8 Å². The highest BCUT2D eigenvalue weighted by Crippen LogP contribution is 2.33. The van der Waals surface area contributed by atoms with Crippen LogP contribution in [0.5, 0.6) is 11.5 Å². The molecule has 8 heteroatoms. The minimum Gasteiger partial charge on any atom is -0.406 e. The summed E-state index contributed by atoms with van der Waals surface area (Å²) < 4.78 is 79.6. The van der Waals surface area contributed by atoms with Crippen molar-refractivity contribution in [2.45, 2.75) is 32.5 Å². The Morgan fingerprint density at radius 3 is 1.42 bits per heavy atom. The van der Waals surface area contributed by atoms with Gasteiger partial charge in [0.05, 0.1) is 0 Å². The highest BCUT2D eigenvalue weighted by Gasteiger charge is 2.34. The van der Waals surface area contributed by atoms with Crippen LogP contribution in [-0.4, -0.2) is 12.7 Å². The Morgan fingerprint density at radius 2 is 1.16 bits per heavy atom. The maximum Gasteiger partial charge on any atom is 0.573 e. The van der Waals surface area contributed by atoms with Gasteiger partial charge in [-0.15, -0.1) is 26.3 Å². The Bertz CT molecular complexity index is 402. The van der Waals surface area contributed by atoms with Crippen LogP contribution in [0, 0.1) is 0 Å². The van der Waals surface area contributed by atoms with Gasteiger partial charge in [-0.25, -0.2) is 0 Å². The minimum atomic E-state index is -4.98. The molecule has 0 heterocycles. The molecule has 1 rings (SSSR count). The second kappa shape index (κ2) is 5.18. The van der Waals surface area contributed by atoms with Gasteiger partial charge in [-0.3, -0.25) is 0 Å². The van der Waals surface area contributed by atoms with E-state index in [0.717, 1.165) is 12.1 Å². The first kappa shape index (κ1) is 15.5. The second-order valence-corrected chi connectivity index (χ2v) is 3.99. The molecule has 0 saturated carbocycles. The summed E-state index contributed by atoms with van der Waals surface area (Å²) in [7, 11) is 0. The van der Waals surface area contributed by atoms with Crippen molar-refractivity contribution in [3.63, 3.8) is 0 Å². The van der Waals surface area contributed by atoms with Gasteiger partial charge < -0.3 is 9.47 Å². The fourth-order valence-corrected chi connectivity index (χ4v) is 1.31. The number of halogens is 6. The first-order valence-corrected chi connectivity index (χ1v) is 5.13. The van der Waals surface area contributed by atoms with Crippen molar-refractivity contribution in [2.75, 3.05) is 0 Å². The van der Waals surface area contributed by atoms with E-state index in [1.807, 2.05) is 0 Å². The highest BCUT2D eigenvalue weighted by atomic mass is 19.4. The van der Waals surface area contributed by atoms with Crippen molar-refractivity contribution in [3.8, 4) is 11.5 Å². The lowest BCUT2D eigenvalue weighted by Crippen LogP contribution is -2.19. The molecule has 0 N–H and O–H groups in total. The van der Waals surface area contributed by atoms with E-state index in [9.17, 15) is 26.3 Å². The summed E-state index contributed by atoms with van der Waals surface area (Å²) in [5.41, 5.74) is 0.237. The average molecular weight is 288 g/mol. The maximum absolute atomic E-state index is 12.1. The third-order valence-corrected chi connectivity index (χ3v) is 2.04. The molecule has 0 spiro atoms. The van der Waals surface area contributed by atoms with E-state index in [-0.39, 0.29) is 11.5 Å². The third-order valence-electron chi connectivity index (χ3n) is 2.04. The monoisotopic (exact) mass is 288 g/mol. The second-order valence-electron chi connectivity index (χ2n) is 3.99. The number of hydrogen-bond donors (Lipinski definition) is 0. The maximum atomic E-state index is 12.1. The van der Waals surface area contributed by atoms with E-state index in [0.29, 0.717) is 6.07 Å². The van der Waals surface area contributed by atoms with Crippen molar-refractivity contribution < 1.29 is 35.8 Å². The Hall–Kier alpha value is -1.60. The van der Waals surface area contributed by atoms with Gasteiger partial charge in [0.2, 0.25) is 0 Å². The van der Waals surface area contributed by atoms with Crippen molar-refractivity contribution in [2.24, 2.45) is 0 Å². The van der Waals surface area contributed by atoms with E-state index >= 15 is 0 Å². The molecule has 0 radical (unpaired) electrons. The van der Waals surface area contributed by atoms with Gasteiger partial charge >= 0.3 is 12.7 Å². The van der Waals surface area contributed by atoms with Gasteiger partial charge in [-0.1, -0.05) is 13.8 Å². The van der Waals surface area contributed by atoms with Crippen LogP contribution in [0.3, 0.4) is 0 Å². The molecule has 19 heavy (non-hydrogen) atoms. The SMILES string of the molecule is CC(C)c1cc(OC(F)(F)F)cc(OC(F)(F)F)c1. The fourth-order valence-electron chi connectivity index (χ4n) is 1.31. The van der Waals surface area contributed by atoms with E-state index in [4.69, 9.17) is 0 Å². The number of hydrogen-bond acceptors (Lipinski definition) is 2. The lowest BCUT2D eigenvalue weighted by atomic mass is 10.0. The third kappa shape index (κ3) is 5.71. The van der Waals surface area contributed by atoms with Gasteiger partial charge in [0.25, 0.3) is 0 Å². The summed E-state index contributed by atoms with van der Waals surface area (Å²) >= 11 is 0. The Morgan fingerprint density at radius 1 is 0.789 bits per heavy atom. The summed E-state index contributed by atoms with van der Waals surface area (Å²) in [6, 6.07) is 2.57. The van der Waals surface area contributed by atoms with Crippen LogP contribution in [0.1, 0.15) is 25.3 Å². The van der Waals surface area contributed by atoms with Gasteiger partial charge in [0, 0.05) is 6.07 Å². The summed E-state index contributed by atoms with van der Waals surface area (Å²) in [4.78, 5) is 0. The molecule has 0 bridgehead atoms. The molecule has 1 aromatic rings.